The molecule has 6 atom stereocenters. The lowest BCUT2D eigenvalue weighted by atomic mass is 9.94. The zero-order chi connectivity index (χ0) is 34.8. The summed E-state index contributed by atoms with van der Waals surface area (Å²) in [4.78, 5) is 64.9. The Morgan fingerprint density at radius 2 is 2.06 bits per heavy atom. The van der Waals surface area contributed by atoms with E-state index >= 15 is 0 Å². The van der Waals surface area contributed by atoms with Crippen LogP contribution in [0, 0.1) is 12.8 Å². The molecule has 2 aromatic heterocycles. The molecule has 4 aliphatic rings. The van der Waals surface area contributed by atoms with Crippen LogP contribution < -0.4 is 20.7 Å². The largest absolute Gasteiger partial charge is 0.494 e. The van der Waals surface area contributed by atoms with E-state index in [9.17, 15) is 19.2 Å². The van der Waals surface area contributed by atoms with Crippen molar-refractivity contribution in [1.82, 2.24) is 35.1 Å². The highest BCUT2D eigenvalue weighted by molar-refractivity contribution is 7.15. The number of carbonyl (C=O) groups excluding carboxylic acids is 4. The number of aryl methyl sites for hydroxylation is 1. The summed E-state index contributed by atoms with van der Waals surface area (Å²) in [6, 6.07) is 3.99. The van der Waals surface area contributed by atoms with Crippen LogP contribution in [-0.4, -0.2) is 117 Å². The molecular formula is C35H44N7O6SSi. The number of nitrogens with one attached hydrogen (secondary N) is 3. The van der Waals surface area contributed by atoms with Gasteiger partial charge in [0.2, 0.25) is 23.6 Å². The number of morpholine rings is 1. The first-order valence-electron chi connectivity index (χ1n) is 17.6. The van der Waals surface area contributed by atoms with Gasteiger partial charge in [-0.1, -0.05) is 6.07 Å². The zero-order valence-corrected chi connectivity index (χ0v) is 30.1. The maximum absolute atomic E-state index is 14.2. The van der Waals surface area contributed by atoms with Crippen molar-refractivity contribution in [2.45, 2.75) is 81.8 Å². The van der Waals surface area contributed by atoms with E-state index in [0.717, 1.165) is 54.1 Å². The summed E-state index contributed by atoms with van der Waals surface area (Å²) in [7, 11) is 3.60. The third kappa shape index (κ3) is 7.90. The third-order valence-electron chi connectivity index (χ3n) is 10.4. The molecule has 13 nitrogen and oxygen atoms in total. The summed E-state index contributed by atoms with van der Waals surface area (Å²) in [5.41, 5.74) is 1.43. The van der Waals surface area contributed by atoms with Crippen molar-refractivity contribution in [3.8, 4) is 5.75 Å². The molecule has 0 aliphatic carbocycles. The highest BCUT2D eigenvalue weighted by Gasteiger charge is 2.40. The average Bonchev–Trinajstić information content (AvgIpc) is 3.91. The molecule has 3 saturated heterocycles. The van der Waals surface area contributed by atoms with Crippen LogP contribution >= 0.6 is 11.3 Å². The predicted octanol–water partition coefficient (Wildman–Crippen LogP) is 1.37. The molecule has 0 saturated carbocycles. The minimum Gasteiger partial charge on any atom is -0.494 e. The zero-order valence-electron chi connectivity index (χ0n) is 28.3. The SMILES string of the molecule is Cc1ccc2cc1CNC(=O)[C@H](CCN1C[C@@H]3C[C@H]1CO3)NC(=O)[C@@H](NC(=O)Cc1cn3ccsc3n1)C([Si])C(=O)N1CCCC(CCO2)C1. The topological polar surface area (TPSA) is 147 Å². The molecule has 7 rings (SSSR count). The lowest BCUT2D eigenvalue weighted by Gasteiger charge is -2.36. The van der Waals surface area contributed by atoms with Crippen molar-refractivity contribution in [2.24, 2.45) is 5.92 Å². The maximum atomic E-state index is 14.2. The standard InChI is InChI=1S/C35H44N7O6SSi/c1-21-4-5-26-13-23(21)16-36-32(44)28(6-9-40-19-27-15-25(40)20-48-27)38-33(45)30(39-29(43)14-24-18-42-10-12-49-35(42)37-24)31(50)34(46)41-8-2-3-22(17-41)7-11-47-26/h4-5,10,12-13,18,22,25,27-28,30-31H,2-3,6-9,11,14-17,19-20H2,1H3,(H,36,44)(H,38,45)(H,39,43)/t22?,25-,27-,28-,30-,31?/m0/s1. The molecule has 265 valence electrons. The fourth-order valence-corrected chi connectivity index (χ4v) is 8.68. The van der Waals surface area contributed by atoms with Gasteiger partial charge in [-0.3, -0.25) is 28.5 Å². The molecule has 4 amide bonds. The van der Waals surface area contributed by atoms with Crippen LogP contribution in [-0.2, 0) is 36.9 Å². The van der Waals surface area contributed by atoms with Crippen LogP contribution in [0.4, 0.5) is 0 Å². The molecule has 6 bridgehead atoms. The number of benzene rings is 1. The van der Waals surface area contributed by atoms with Gasteiger partial charge in [-0.25, -0.2) is 4.98 Å². The number of fused-ring (bicyclic) bond motifs is 7. The molecule has 4 aliphatic heterocycles. The molecule has 2 unspecified atom stereocenters. The number of imidazole rings is 1. The lowest BCUT2D eigenvalue weighted by Crippen LogP contribution is -2.58. The minimum absolute atomic E-state index is 0.0704. The first-order valence-corrected chi connectivity index (χ1v) is 19.0. The molecule has 50 heavy (non-hydrogen) atoms. The highest BCUT2D eigenvalue weighted by Crippen LogP contribution is 2.28. The van der Waals surface area contributed by atoms with Crippen LogP contribution in [0.3, 0.4) is 0 Å². The number of ether oxygens (including phenoxy) is 2. The summed E-state index contributed by atoms with van der Waals surface area (Å²) in [6.45, 7) is 5.88. The lowest BCUT2D eigenvalue weighted by molar-refractivity contribution is -0.138. The van der Waals surface area contributed by atoms with Crippen molar-refractivity contribution >= 4 is 50.2 Å². The predicted molar refractivity (Wildman–Crippen MR) is 187 cm³/mol. The summed E-state index contributed by atoms with van der Waals surface area (Å²) < 4.78 is 13.7. The minimum atomic E-state index is -1.27. The van der Waals surface area contributed by atoms with E-state index in [2.05, 4.69) is 36.1 Å². The summed E-state index contributed by atoms with van der Waals surface area (Å²) in [5.74, 6) is -0.715. The number of hydrogen-bond acceptors (Lipinski definition) is 9. The van der Waals surface area contributed by atoms with Crippen LogP contribution in [0.15, 0.2) is 36.0 Å². The number of likely N-dealkylation sites (tertiary alicyclic amines) is 1. The Balaban J connectivity index is 1.14. The number of amides is 4. The van der Waals surface area contributed by atoms with Crippen molar-refractivity contribution in [3.05, 3.63) is 52.8 Å². The van der Waals surface area contributed by atoms with Gasteiger partial charge in [-0.2, -0.15) is 0 Å². The fourth-order valence-electron chi connectivity index (χ4n) is 7.55. The number of hydrogen-bond donors (Lipinski definition) is 3. The van der Waals surface area contributed by atoms with Crippen LogP contribution in [0.25, 0.3) is 4.96 Å². The molecule has 3 radical (unpaired) electrons. The van der Waals surface area contributed by atoms with E-state index < -0.39 is 29.4 Å². The van der Waals surface area contributed by atoms with Crippen LogP contribution in [0.2, 0.25) is 5.54 Å². The van der Waals surface area contributed by atoms with E-state index in [1.54, 1.807) is 11.1 Å². The van der Waals surface area contributed by atoms with E-state index in [4.69, 9.17) is 9.47 Å². The van der Waals surface area contributed by atoms with E-state index in [1.165, 1.54) is 11.3 Å². The van der Waals surface area contributed by atoms with Crippen molar-refractivity contribution in [3.63, 3.8) is 0 Å². The monoisotopic (exact) mass is 718 g/mol. The average molecular weight is 719 g/mol. The summed E-state index contributed by atoms with van der Waals surface area (Å²) in [5, 5.41) is 10.7. The Morgan fingerprint density at radius 3 is 2.86 bits per heavy atom. The fraction of sp³-hybridized carbons (Fsp3) is 0.571. The molecule has 3 aromatic rings. The number of piperidine rings is 1. The number of rotatable bonds is 6. The van der Waals surface area contributed by atoms with Crippen LogP contribution in [0.1, 0.15) is 48.9 Å². The normalized spacial score (nSPS) is 28.1. The van der Waals surface area contributed by atoms with Gasteiger partial charge in [0.15, 0.2) is 4.96 Å². The Kier molecular flexibility index (Phi) is 10.5. The van der Waals surface area contributed by atoms with Gasteiger partial charge in [0.1, 0.15) is 17.8 Å². The van der Waals surface area contributed by atoms with E-state index in [1.807, 2.05) is 41.1 Å². The van der Waals surface area contributed by atoms with Gasteiger partial charge < -0.3 is 30.3 Å². The number of thiazole rings is 1. The van der Waals surface area contributed by atoms with Crippen LogP contribution in [0.5, 0.6) is 5.75 Å². The number of aromatic nitrogens is 2. The Hall–Kier alpha value is -3.79. The molecule has 15 heteroatoms. The highest BCUT2D eigenvalue weighted by atomic mass is 32.1. The summed E-state index contributed by atoms with van der Waals surface area (Å²) >= 11 is 1.46. The smallest absolute Gasteiger partial charge is 0.243 e. The molecular weight excluding hydrogens is 675 g/mol. The van der Waals surface area contributed by atoms with Crippen molar-refractivity contribution in [1.29, 1.82) is 0 Å². The molecule has 3 fully saturated rings. The number of nitrogens with zero attached hydrogens (tertiary/aromatic N) is 4. The van der Waals surface area contributed by atoms with E-state index in [0.29, 0.717) is 51.0 Å². The molecule has 1 aromatic carbocycles. The molecule has 3 N–H and O–H groups in total. The van der Waals surface area contributed by atoms with Crippen molar-refractivity contribution < 1.29 is 28.7 Å². The van der Waals surface area contributed by atoms with Gasteiger partial charge in [-0.15, -0.1) is 11.3 Å². The second kappa shape index (κ2) is 15.2. The molecule has 6 heterocycles. The maximum Gasteiger partial charge on any atom is 0.243 e. The van der Waals surface area contributed by atoms with Gasteiger partial charge in [0.05, 0.1) is 37.0 Å². The Bertz CT molecular complexity index is 1700. The summed E-state index contributed by atoms with van der Waals surface area (Å²) in [6.07, 6.45) is 7.66. The first kappa shape index (κ1) is 34.6. The van der Waals surface area contributed by atoms with Gasteiger partial charge >= 0.3 is 0 Å². The van der Waals surface area contributed by atoms with E-state index in [-0.39, 0.29) is 36.8 Å². The van der Waals surface area contributed by atoms with Gasteiger partial charge in [0.25, 0.3) is 0 Å². The van der Waals surface area contributed by atoms with Crippen molar-refractivity contribution in [2.75, 3.05) is 39.4 Å². The van der Waals surface area contributed by atoms with Gasteiger partial charge in [-0.05, 0) is 68.2 Å². The third-order valence-corrected chi connectivity index (χ3v) is 11.8. The second-order valence-electron chi connectivity index (χ2n) is 14.0. The Morgan fingerprint density at radius 1 is 1.18 bits per heavy atom. The molecule has 0 spiro atoms. The number of carbonyl (C=O) groups is 4. The second-order valence-corrected chi connectivity index (χ2v) is 15.4. The van der Waals surface area contributed by atoms with Gasteiger partial charge in [0, 0.05) is 66.8 Å². The Labute approximate surface area is 298 Å². The first-order chi connectivity index (χ1) is 24.2. The quantitative estimate of drug-likeness (QED) is 0.324.